The number of alkyl halides is 2. The maximum atomic E-state index is 13.4. The van der Waals surface area contributed by atoms with Crippen molar-refractivity contribution in [1.29, 1.82) is 0 Å². The highest BCUT2D eigenvalue weighted by Crippen LogP contribution is 2.20. The van der Waals surface area contributed by atoms with E-state index in [1.54, 1.807) is 6.07 Å². The summed E-state index contributed by atoms with van der Waals surface area (Å²) < 4.78 is 49.8. The molecule has 0 fully saturated rings. The van der Waals surface area contributed by atoms with Crippen LogP contribution in [0.3, 0.4) is 0 Å². The maximum Gasteiger partial charge on any atom is 0.221 e. The number of hydrogen-bond acceptors (Lipinski definition) is 6. The molecule has 2 aromatic carbocycles. The highest BCUT2D eigenvalue weighted by atomic mass is 35.5. The molecule has 2 aromatic heterocycles. The molecule has 0 spiro atoms. The number of aryl methyl sites for hydroxylation is 2. The highest BCUT2D eigenvalue weighted by molar-refractivity contribution is 6.31. The Morgan fingerprint density at radius 2 is 1.11 bits per heavy atom. The summed E-state index contributed by atoms with van der Waals surface area (Å²) in [5.74, 6) is 1.30. The predicted octanol–water partition coefficient (Wildman–Crippen LogP) is 6.73. The van der Waals surface area contributed by atoms with Gasteiger partial charge in [0.2, 0.25) is 23.6 Å². The molecule has 0 saturated carbocycles. The average molecular weight is 562 g/mol. The van der Waals surface area contributed by atoms with Crippen LogP contribution in [0.5, 0.6) is 0 Å². The average Bonchev–Trinajstić information content (AvgIpc) is 3.49. The standard InChI is InChI=1S/C12H11Cl2FN2O.C12H11ClF2N2O/c13-5-1-2-11-16-17-12(18-11)6-8-3-4-9(15)7-10(8)14;13-5-1-2-11-16-17-12(18-11)6-8-3-4-9(14)7-10(8)15/h2*3-4,7H,1-2,5-6H2. The number of hydrogen-bond donors (Lipinski definition) is 0. The van der Waals surface area contributed by atoms with Gasteiger partial charge in [0, 0.05) is 35.7 Å². The summed E-state index contributed by atoms with van der Waals surface area (Å²) in [6.45, 7) is 0. The lowest BCUT2D eigenvalue weighted by atomic mass is 10.1. The minimum Gasteiger partial charge on any atom is -0.425 e. The monoisotopic (exact) mass is 560 g/mol. The smallest absolute Gasteiger partial charge is 0.221 e. The Kier molecular flexibility index (Phi) is 11.0. The minimum atomic E-state index is -0.615. The molecule has 4 aromatic rings. The molecule has 0 unspecified atom stereocenters. The Labute approximate surface area is 220 Å². The molecule has 2 heterocycles. The van der Waals surface area contributed by atoms with Crippen molar-refractivity contribution in [3.05, 3.63) is 93.6 Å². The van der Waals surface area contributed by atoms with Crippen LogP contribution in [-0.2, 0) is 25.7 Å². The quantitative estimate of drug-likeness (QED) is 0.200. The van der Waals surface area contributed by atoms with E-state index in [-0.39, 0.29) is 12.2 Å². The zero-order valence-corrected chi connectivity index (χ0v) is 21.3. The van der Waals surface area contributed by atoms with Crippen LogP contribution in [0.15, 0.2) is 45.2 Å². The van der Waals surface area contributed by atoms with Crippen molar-refractivity contribution in [1.82, 2.24) is 20.4 Å². The van der Waals surface area contributed by atoms with Gasteiger partial charge in [-0.2, -0.15) is 0 Å². The van der Waals surface area contributed by atoms with E-state index in [9.17, 15) is 13.2 Å². The van der Waals surface area contributed by atoms with Crippen molar-refractivity contribution in [3.8, 4) is 0 Å². The van der Waals surface area contributed by atoms with Crippen LogP contribution >= 0.6 is 34.8 Å². The fourth-order valence-corrected chi connectivity index (χ4v) is 3.51. The summed E-state index contributed by atoms with van der Waals surface area (Å²) in [5.41, 5.74) is 1.08. The van der Waals surface area contributed by atoms with Crippen molar-refractivity contribution < 1.29 is 22.0 Å². The Hall–Kier alpha value is -2.62. The van der Waals surface area contributed by atoms with Gasteiger partial charge in [0.05, 0.1) is 12.8 Å². The molecule has 0 radical (unpaired) electrons. The third-order valence-electron chi connectivity index (χ3n) is 4.78. The molecule has 0 aliphatic rings. The van der Waals surface area contributed by atoms with Gasteiger partial charge in [-0.05, 0) is 42.2 Å². The van der Waals surface area contributed by atoms with Gasteiger partial charge in [-0.1, -0.05) is 23.7 Å². The molecule has 0 amide bonds. The molecule has 6 nitrogen and oxygen atoms in total. The van der Waals surface area contributed by atoms with E-state index in [1.807, 2.05) is 0 Å². The SMILES string of the molecule is Fc1ccc(Cc2nnc(CCCCl)o2)c(Cl)c1.Fc1ccc(Cc2nnc(CCCCl)o2)c(F)c1. The number of halogens is 6. The molecule has 192 valence electrons. The van der Waals surface area contributed by atoms with Crippen molar-refractivity contribution in [2.75, 3.05) is 11.8 Å². The summed E-state index contributed by atoms with van der Waals surface area (Å²) in [6.07, 6.45) is 3.34. The molecule has 12 heteroatoms. The molecule has 0 bridgehead atoms. The van der Waals surface area contributed by atoms with Gasteiger partial charge in [0.1, 0.15) is 17.5 Å². The van der Waals surface area contributed by atoms with Crippen LogP contribution in [0.4, 0.5) is 13.2 Å². The van der Waals surface area contributed by atoms with E-state index in [4.69, 9.17) is 43.6 Å². The molecule has 0 aliphatic heterocycles. The lowest BCUT2D eigenvalue weighted by Gasteiger charge is -2.00. The predicted molar refractivity (Wildman–Crippen MR) is 130 cm³/mol. The Morgan fingerprint density at radius 1 is 0.639 bits per heavy atom. The molecule has 36 heavy (non-hydrogen) atoms. The second-order valence-electron chi connectivity index (χ2n) is 7.59. The highest BCUT2D eigenvalue weighted by Gasteiger charge is 2.11. The lowest BCUT2D eigenvalue weighted by Crippen LogP contribution is -1.93. The van der Waals surface area contributed by atoms with E-state index < -0.39 is 11.6 Å². The number of rotatable bonds is 10. The third kappa shape index (κ3) is 8.80. The summed E-state index contributed by atoms with van der Waals surface area (Å²) in [4.78, 5) is 0. The largest absolute Gasteiger partial charge is 0.425 e. The van der Waals surface area contributed by atoms with Crippen LogP contribution in [0, 0.1) is 17.5 Å². The minimum absolute atomic E-state index is 0.153. The fraction of sp³-hybridized carbons (Fsp3) is 0.333. The van der Waals surface area contributed by atoms with Crippen LogP contribution < -0.4 is 0 Å². The molecule has 0 atom stereocenters. The first-order valence-electron chi connectivity index (χ1n) is 11.0. The number of aromatic nitrogens is 4. The van der Waals surface area contributed by atoms with E-state index in [2.05, 4.69) is 20.4 Å². The van der Waals surface area contributed by atoms with E-state index in [0.717, 1.165) is 24.5 Å². The summed E-state index contributed by atoms with van der Waals surface area (Å²) in [7, 11) is 0. The molecule has 0 saturated heterocycles. The number of benzene rings is 2. The van der Waals surface area contributed by atoms with Gasteiger partial charge in [-0.3, -0.25) is 0 Å². The first-order valence-corrected chi connectivity index (χ1v) is 12.4. The van der Waals surface area contributed by atoms with E-state index in [1.165, 1.54) is 24.3 Å². The maximum absolute atomic E-state index is 13.4. The Balaban J connectivity index is 0.000000201. The van der Waals surface area contributed by atoms with E-state index >= 15 is 0 Å². The van der Waals surface area contributed by atoms with E-state index in [0.29, 0.717) is 65.2 Å². The van der Waals surface area contributed by atoms with Gasteiger partial charge >= 0.3 is 0 Å². The molecular weight excluding hydrogens is 540 g/mol. The molecule has 4 rings (SSSR count). The summed E-state index contributed by atoms with van der Waals surface area (Å²) in [5, 5.41) is 15.8. The van der Waals surface area contributed by atoms with Crippen molar-refractivity contribution in [2.45, 2.75) is 38.5 Å². The van der Waals surface area contributed by atoms with Crippen molar-refractivity contribution >= 4 is 34.8 Å². The van der Waals surface area contributed by atoms with Crippen LogP contribution in [0.2, 0.25) is 5.02 Å². The van der Waals surface area contributed by atoms with Crippen molar-refractivity contribution in [2.24, 2.45) is 0 Å². The zero-order valence-electron chi connectivity index (χ0n) is 19.0. The van der Waals surface area contributed by atoms with Gasteiger partial charge in [-0.15, -0.1) is 43.6 Å². The Morgan fingerprint density at radius 3 is 1.61 bits per heavy atom. The van der Waals surface area contributed by atoms with Gasteiger partial charge in [-0.25, -0.2) is 13.2 Å². The first-order chi connectivity index (χ1) is 17.4. The molecular formula is C24H22Cl3F3N4O2. The van der Waals surface area contributed by atoms with Gasteiger partial charge in [0.25, 0.3) is 0 Å². The summed E-state index contributed by atoms with van der Waals surface area (Å²) >= 11 is 17.1. The lowest BCUT2D eigenvalue weighted by molar-refractivity contribution is 0.452. The topological polar surface area (TPSA) is 77.8 Å². The normalized spacial score (nSPS) is 10.8. The molecule has 0 aliphatic carbocycles. The van der Waals surface area contributed by atoms with Gasteiger partial charge in [0.15, 0.2) is 0 Å². The van der Waals surface area contributed by atoms with Crippen LogP contribution in [-0.4, -0.2) is 32.2 Å². The number of nitrogens with zero attached hydrogens (tertiary/aromatic N) is 4. The Bertz CT molecular complexity index is 1160. The first kappa shape index (κ1) is 28.0. The third-order valence-corrected chi connectivity index (χ3v) is 5.67. The molecule has 0 N–H and O–H groups in total. The van der Waals surface area contributed by atoms with Crippen molar-refractivity contribution in [3.63, 3.8) is 0 Å². The van der Waals surface area contributed by atoms with Crippen LogP contribution in [0.25, 0.3) is 0 Å². The fourth-order valence-electron chi connectivity index (χ4n) is 3.01. The second kappa shape index (κ2) is 14.2. The summed E-state index contributed by atoms with van der Waals surface area (Å²) in [6, 6.07) is 7.63. The second-order valence-corrected chi connectivity index (χ2v) is 8.75. The van der Waals surface area contributed by atoms with Crippen LogP contribution in [0.1, 0.15) is 47.5 Å². The van der Waals surface area contributed by atoms with Gasteiger partial charge < -0.3 is 8.83 Å². The zero-order chi connectivity index (χ0) is 25.9.